The van der Waals surface area contributed by atoms with E-state index in [1.165, 1.54) is 0 Å². The van der Waals surface area contributed by atoms with Crippen molar-refractivity contribution in [1.82, 2.24) is 14.7 Å². The van der Waals surface area contributed by atoms with Crippen molar-refractivity contribution in [2.45, 2.75) is 38.8 Å². The first kappa shape index (κ1) is 12.1. The minimum atomic E-state index is -0.121. The van der Waals surface area contributed by atoms with Gasteiger partial charge in [0.15, 0.2) is 0 Å². The zero-order valence-corrected chi connectivity index (χ0v) is 10.7. The fourth-order valence-corrected chi connectivity index (χ4v) is 2.61. The van der Waals surface area contributed by atoms with Crippen LogP contribution < -0.4 is 5.73 Å². The lowest BCUT2D eigenvalue weighted by atomic mass is 10.1. The van der Waals surface area contributed by atoms with Gasteiger partial charge in [-0.25, -0.2) is 0 Å². The van der Waals surface area contributed by atoms with Crippen molar-refractivity contribution in [2.75, 3.05) is 6.54 Å². The predicted molar refractivity (Wildman–Crippen MR) is 65.3 cm³/mol. The van der Waals surface area contributed by atoms with E-state index < -0.39 is 0 Å². The molecule has 2 rings (SSSR count). The number of amides is 1. The van der Waals surface area contributed by atoms with Crippen LogP contribution in [0.5, 0.6) is 0 Å². The van der Waals surface area contributed by atoms with Crippen LogP contribution in [0.4, 0.5) is 0 Å². The van der Waals surface area contributed by atoms with E-state index in [4.69, 9.17) is 5.73 Å². The van der Waals surface area contributed by atoms with E-state index in [1.807, 2.05) is 29.6 Å². The highest BCUT2D eigenvalue weighted by atomic mass is 16.2. The van der Waals surface area contributed by atoms with Gasteiger partial charge in [0.1, 0.15) is 0 Å². The zero-order valence-electron chi connectivity index (χ0n) is 10.7. The lowest BCUT2D eigenvalue weighted by molar-refractivity contribution is -0.129. The van der Waals surface area contributed by atoms with Crippen molar-refractivity contribution in [3.63, 3.8) is 0 Å². The second-order valence-electron chi connectivity index (χ2n) is 4.73. The summed E-state index contributed by atoms with van der Waals surface area (Å²) in [6.07, 6.45) is 1.39. The normalized spacial score (nSPS) is 24.7. The van der Waals surface area contributed by atoms with Gasteiger partial charge in [-0.2, -0.15) is 5.10 Å². The Labute approximate surface area is 102 Å². The van der Waals surface area contributed by atoms with E-state index in [0.717, 1.165) is 24.4 Å². The van der Waals surface area contributed by atoms with Gasteiger partial charge in [-0.15, -0.1) is 0 Å². The first-order valence-electron chi connectivity index (χ1n) is 6.10. The molecule has 0 aliphatic carbocycles. The Morgan fingerprint density at radius 2 is 2.29 bits per heavy atom. The average molecular weight is 236 g/mol. The van der Waals surface area contributed by atoms with Crippen LogP contribution in [0.2, 0.25) is 0 Å². The molecule has 1 aromatic rings. The third-order valence-electron chi connectivity index (χ3n) is 3.28. The molecule has 94 valence electrons. The average Bonchev–Trinajstić information content (AvgIpc) is 2.69. The van der Waals surface area contributed by atoms with Gasteiger partial charge in [-0.1, -0.05) is 6.92 Å². The maximum Gasteiger partial charge on any atom is 0.224 e. The second-order valence-corrected chi connectivity index (χ2v) is 4.73. The molecule has 17 heavy (non-hydrogen) atoms. The van der Waals surface area contributed by atoms with Crippen molar-refractivity contribution < 1.29 is 4.79 Å². The van der Waals surface area contributed by atoms with E-state index in [9.17, 15) is 4.79 Å². The van der Waals surface area contributed by atoms with Crippen LogP contribution in [-0.4, -0.2) is 33.2 Å². The van der Waals surface area contributed by atoms with Gasteiger partial charge in [0.05, 0.1) is 17.4 Å². The van der Waals surface area contributed by atoms with Crippen molar-refractivity contribution in [1.29, 1.82) is 0 Å². The summed E-state index contributed by atoms with van der Waals surface area (Å²) in [4.78, 5) is 13.8. The molecule has 1 amide bonds. The van der Waals surface area contributed by atoms with Crippen LogP contribution >= 0.6 is 0 Å². The molecule has 5 heteroatoms. The van der Waals surface area contributed by atoms with Gasteiger partial charge in [-0.05, 0) is 19.4 Å². The number of nitrogens with zero attached hydrogens (tertiary/aromatic N) is 3. The molecule has 5 nitrogen and oxygen atoms in total. The van der Waals surface area contributed by atoms with Gasteiger partial charge in [0, 0.05) is 26.1 Å². The number of hydrogen-bond donors (Lipinski definition) is 1. The van der Waals surface area contributed by atoms with E-state index in [2.05, 4.69) is 12.0 Å². The maximum atomic E-state index is 11.9. The fourth-order valence-electron chi connectivity index (χ4n) is 2.61. The van der Waals surface area contributed by atoms with Crippen LogP contribution in [0.15, 0.2) is 6.07 Å². The number of rotatable bonds is 3. The molecule has 0 saturated carbocycles. The van der Waals surface area contributed by atoms with E-state index >= 15 is 0 Å². The molecular weight excluding hydrogens is 216 g/mol. The summed E-state index contributed by atoms with van der Waals surface area (Å²) in [6.45, 7) is 4.79. The summed E-state index contributed by atoms with van der Waals surface area (Å²) in [6, 6.07) is 1.88. The number of carbonyl (C=O) groups excluding carboxylic acids is 1. The van der Waals surface area contributed by atoms with Crippen LogP contribution in [0.3, 0.4) is 0 Å². The maximum absolute atomic E-state index is 11.9. The predicted octanol–water partition coefficient (Wildman–Crippen LogP) is 0.739. The summed E-state index contributed by atoms with van der Waals surface area (Å²) >= 11 is 0. The molecule has 2 atom stereocenters. The fraction of sp³-hybridized carbons (Fsp3) is 0.667. The SMILES string of the molecule is CCCN1C(=O)C[C@H](N)[C@H]1c1cc(C)nn1C. The molecule has 2 heterocycles. The van der Waals surface area contributed by atoms with Crippen molar-refractivity contribution in [3.8, 4) is 0 Å². The van der Waals surface area contributed by atoms with E-state index in [1.54, 1.807) is 0 Å². The first-order valence-corrected chi connectivity index (χ1v) is 6.10. The Morgan fingerprint density at radius 1 is 1.59 bits per heavy atom. The highest BCUT2D eigenvalue weighted by Gasteiger charge is 2.39. The van der Waals surface area contributed by atoms with Gasteiger partial charge in [0.2, 0.25) is 5.91 Å². The third kappa shape index (κ3) is 2.07. The van der Waals surface area contributed by atoms with E-state index in [0.29, 0.717) is 6.42 Å². The van der Waals surface area contributed by atoms with E-state index in [-0.39, 0.29) is 18.0 Å². The van der Waals surface area contributed by atoms with Crippen molar-refractivity contribution >= 4 is 5.91 Å². The number of likely N-dealkylation sites (tertiary alicyclic amines) is 1. The molecule has 2 N–H and O–H groups in total. The molecule has 1 saturated heterocycles. The number of nitrogens with two attached hydrogens (primary N) is 1. The standard InChI is InChI=1S/C12H20N4O/c1-4-5-16-11(17)7-9(13)12(16)10-6-8(2)14-15(10)3/h6,9,12H,4-5,7,13H2,1-3H3/t9-,12-/m0/s1. The van der Waals surface area contributed by atoms with Gasteiger partial charge < -0.3 is 10.6 Å². The number of aromatic nitrogens is 2. The van der Waals surface area contributed by atoms with Gasteiger partial charge >= 0.3 is 0 Å². The summed E-state index contributed by atoms with van der Waals surface area (Å²) in [7, 11) is 1.90. The second kappa shape index (κ2) is 4.49. The summed E-state index contributed by atoms with van der Waals surface area (Å²) in [5.41, 5.74) is 8.10. The number of hydrogen-bond acceptors (Lipinski definition) is 3. The lowest BCUT2D eigenvalue weighted by Gasteiger charge is -2.26. The smallest absolute Gasteiger partial charge is 0.224 e. The van der Waals surface area contributed by atoms with Crippen molar-refractivity contribution in [2.24, 2.45) is 12.8 Å². The Kier molecular flexibility index (Phi) is 3.19. The quantitative estimate of drug-likeness (QED) is 0.842. The molecule has 0 spiro atoms. The molecule has 0 radical (unpaired) electrons. The summed E-state index contributed by atoms with van der Waals surface area (Å²) < 4.78 is 1.83. The first-order chi connectivity index (χ1) is 8.04. The Morgan fingerprint density at radius 3 is 2.82 bits per heavy atom. The summed E-state index contributed by atoms with van der Waals surface area (Å²) in [5, 5.41) is 4.33. The van der Waals surface area contributed by atoms with Crippen LogP contribution in [0.25, 0.3) is 0 Å². The minimum Gasteiger partial charge on any atom is -0.332 e. The lowest BCUT2D eigenvalue weighted by Crippen LogP contribution is -2.34. The molecule has 1 fully saturated rings. The molecule has 1 aromatic heterocycles. The molecule has 0 unspecified atom stereocenters. The topological polar surface area (TPSA) is 64.2 Å². The highest BCUT2D eigenvalue weighted by Crippen LogP contribution is 2.32. The molecule has 0 bridgehead atoms. The molecule has 1 aliphatic heterocycles. The molecular formula is C12H20N4O. The largest absolute Gasteiger partial charge is 0.332 e. The monoisotopic (exact) mass is 236 g/mol. The van der Waals surface area contributed by atoms with Crippen LogP contribution in [-0.2, 0) is 11.8 Å². The highest BCUT2D eigenvalue weighted by molar-refractivity contribution is 5.80. The summed E-state index contributed by atoms with van der Waals surface area (Å²) in [5.74, 6) is 0.156. The Bertz CT molecular complexity index is 426. The number of aryl methyl sites for hydroxylation is 2. The Balaban J connectivity index is 2.34. The number of carbonyl (C=O) groups is 1. The Hall–Kier alpha value is -1.36. The van der Waals surface area contributed by atoms with Gasteiger partial charge in [-0.3, -0.25) is 9.48 Å². The molecule has 0 aromatic carbocycles. The molecule has 1 aliphatic rings. The van der Waals surface area contributed by atoms with Crippen LogP contribution in [0, 0.1) is 6.92 Å². The zero-order chi connectivity index (χ0) is 12.6. The third-order valence-corrected chi connectivity index (χ3v) is 3.28. The minimum absolute atomic E-state index is 0.0198. The van der Waals surface area contributed by atoms with Gasteiger partial charge in [0.25, 0.3) is 0 Å². The van der Waals surface area contributed by atoms with Crippen LogP contribution in [0.1, 0.15) is 37.2 Å². The van der Waals surface area contributed by atoms with Crippen molar-refractivity contribution in [3.05, 3.63) is 17.5 Å².